The molecule has 350 valence electrons. The molecule has 0 aliphatic rings. The lowest BCUT2D eigenvalue weighted by atomic mass is 10.0. The van der Waals surface area contributed by atoms with E-state index >= 15 is 0 Å². The van der Waals surface area contributed by atoms with Gasteiger partial charge in [0.15, 0.2) is 0 Å². The summed E-state index contributed by atoms with van der Waals surface area (Å²) in [7, 11) is 0. The minimum atomic E-state index is -1.72. The molecule has 0 spiro atoms. The Morgan fingerprint density at radius 2 is 0.672 bits per heavy atom. The highest BCUT2D eigenvalue weighted by molar-refractivity contribution is 5.95. The fourth-order valence-corrected chi connectivity index (χ4v) is 5.95. The van der Waals surface area contributed by atoms with Gasteiger partial charge >= 0.3 is 17.9 Å². The van der Waals surface area contributed by atoms with Crippen LogP contribution >= 0.6 is 0 Å². The van der Waals surface area contributed by atoms with Crippen molar-refractivity contribution in [2.75, 3.05) is 33.0 Å². The lowest BCUT2D eigenvalue weighted by Gasteiger charge is -2.22. The topological polar surface area (TPSA) is 367 Å². The molecular formula is C39H68N6O16. The average molecular weight is 877 g/mol. The molecule has 22 heteroatoms. The van der Waals surface area contributed by atoms with Crippen LogP contribution in [-0.2, 0) is 43.2 Å². The largest absolute Gasteiger partial charge is 0.481 e. The summed E-state index contributed by atoms with van der Waals surface area (Å²) < 4.78 is 0. The van der Waals surface area contributed by atoms with Crippen molar-refractivity contribution in [1.82, 2.24) is 31.9 Å². The second-order valence-corrected chi connectivity index (χ2v) is 14.7. The van der Waals surface area contributed by atoms with Crippen LogP contribution in [0.2, 0.25) is 0 Å². The Hall–Kier alpha value is -4.93. The number of carbonyl (C=O) groups excluding carboxylic acids is 6. The van der Waals surface area contributed by atoms with E-state index in [2.05, 4.69) is 21.3 Å². The number of aliphatic hydroxyl groups excluding tert-OH is 4. The van der Waals surface area contributed by atoms with E-state index in [9.17, 15) is 63.6 Å². The number of hydrogen-bond acceptors (Lipinski definition) is 13. The van der Waals surface area contributed by atoms with Gasteiger partial charge in [-0.25, -0.2) is 9.59 Å². The molecule has 0 aromatic rings. The average Bonchev–Trinajstić information content (AvgIpc) is 3.22. The van der Waals surface area contributed by atoms with Gasteiger partial charge in [-0.3, -0.25) is 33.6 Å². The number of carboxylic acids is 3. The van der Waals surface area contributed by atoms with Crippen LogP contribution in [0.25, 0.3) is 0 Å². The van der Waals surface area contributed by atoms with E-state index in [1.54, 1.807) is 0 Å². The molecule has 0 fully saturated rings. The third-order valence-corrected chi connectivity index (χ3v) is 9.54. The molecule has 5 atom stereocenters. The number of aliphatic hydroxyl groups is 4. The van der Waals surface area contributed by atoms with Crippen LogP contribution in [0, 0.1) is 0 Å². The molecule has 0 bridgehead atoms. The van der Waals surface area contributed by atoms with Gasteiger partial charge in [-0.2, -0.15) is 0 Å². The number of unbranched alkanes of at least 4 members (excludes halogenated alkanes) is 15. The van der Waals surface area contributed by atoms with Crippen LogP contribution < -0.4 is 31.9 Å². The first-order valence-electron chi connectivity index (χ1n) is 21.0. The van der Waals surface area contributed by atoms with E-state index in [1.165, 1.54) is 38.5 Å². The molecule has 0 radical (unpaired) electrons. The van der Waals surface area contributed by atoms with E-state index in [4.69, 9.17) is 15.3 Å². The first kappa shape index (κ1) is 56.1. The maximum atomic E-state index is 12.7. The van der Waals surface area contributed by atoms with Crippen molar-refractivity contribution < 1.29 is 78.9 Å². The van der Waals surface area contributed by atoms with Crippen LogP contribution in [0.5, 0.6) is 0 Å². The molecule has 0 heterocycles. The summed E-state index contributed by atoms with van der Waals surface area (Å²) >= 11 is 0. The van der Waals surface area contributed by atoms with Crippen molar-refractivity contribution >= 4 is 53.4 Å². The molecular weight excluding hydrogens is 808 g/mol. The van der Waals surface area contributed by atoms with Gasteiger partial charge in [0.2, 0.25) is 35.4 Å². The maximum Gasteiger partial charge on any atom is 0.328 e. The summed E-state index contributed by atoms with van der Waals surface area (Å²) in [6.07, 6.45) is 16.4. The van der Waals surface area contributed by atoms with Gasteiger partial charge in [-0.15, -0.1) is 0 Å². The highest BCUT2D eigenvalue weighted by Gasteiger charge is 2.29. The van der Waals surface area contributed by atoms with Crippen LogP contribution in [0.1, 0.15) is 128 Å². The number of aliphatic carboxylic acids is 3. The van der Waals surface area contributed by atoms with Crippen LogP contribution in [0.15, 0.2) is 0 Å². The van der Waals surface area contributed by atoms with Gasteiger partial charge in [0.1, 0.15) is 30.2 Å². The fourth-order valence-electron chi connectivity index (χ4n) is 5.95. The number of carbonyl (C=O) groups is 9. The Bertz CT molecular complexity index is 1370. The molecule has 0 saturated heterocycles. The first-order valence-corrected chi connectivity index (χ1v) is 21.0. The SMILES string of the molecule is O=C(O)CCCCCCCCCCCCCCCCCCC(=O)N[C@@H](CCC(=O)N[C@@H](CO)C(=O)N[C@@H](CO)C(=O)NCC(=O)N[C@@H](CO)C(=O)N[C@@H](CO)C(=O)O)C(=O)O. The minimum absolute atomic E-state index is 0.107. The Kier molecular flexibility index (Phi) is 31.9. The summed E-state index contributed by atoms with van der Waals surface area (Å²) in [5.74, 6) is -9.50. The zero-order valence-electron chi connectivity index (χ0n) is 34.9. The second kappa shape index (κ2) is 34.7. The molecule has 6 amide bonds. The van der Waals surface area contributed by atoms with Crippen molar-refractivity contribution in [3.05, 3.63) is 0 Å². The van der Waals surface area contributed by atoms with E-state index in [0.717, 1.165) is 57.8 Å². The van der Waals surface area contributed by atoms with E-state index in [-0.39, 0.29) is 19.3 Å². The zero-order chi connectivity index (χ0) is 46.0. The summed E-state index contributed by atoms with van der Waals surface area (Å²) in [6, 6.07) is -8.13. The number of amides is 6. The van der Waals surface area contributed by atoms with Crippen LogP contribution in [-0.4, -0.2) is 152 Å². The molecule has 0 aromatic heterocycles. The molecule has 0 saturated carbocycles. The fraction of sp³-hybridized carbons (Fsp3) is 0.769. The minimum Gasteiger partial charge on any atom is -0.481 e. The van der Waals surface area contributed by atoms with E-state index in [1.807, 2.05) is 10.6 Å². The van der Waals surface area contributed by atoms with Gasteiger partial charge < -0.3 is 67.6 Å². The normalized spacial score (nSPS) is 13.4. The third kappa shape index (κ3) is 28.3. The molecule has 0 aliphatic carbocycles. The number of hydrogen-bond donors (Lipinski definition) is 13. The molecule has 22 nitrogen and oxygen atoms in total. The quantitative estimate of drug-likeness (QED) is 0.0316. The monoisotopic (exact) mass is 876 g/mol. The maximum absolute atomic E-state index is 12.7. The third-order valence-electron chi connectivity index (χ3n) is 9.54. The number of rotatable bonds is 38. The lowest BCUT2D eigenvalue weighted by molar-refractivity contribution is -0.143. The smallest absolute Gasteiger partial charge is 0.328 e. The van der Waals surface area contributed by atoms with Gasteiger partial charge in [0.05, 0.1) is 33.0 Å². The van der Waals surface area contributed by atoms with Gasteiger partial charge in [0, 0.05) is 19.3 Å². The van der Waals surface area contributed by atoms with Crippen molar-refractivity contribution in [2.45, 2.75) is 159 Å². The Labute approximate surface area is 355 Å². The lowest BCUT2D eigenvalue weighted by Crippen LogP contribution is -2.58. The van der Waals surface area contributed by atoms with Crippen molar-refractivity contribution in [1.29, 1.82) is 0 Å². The number of carboxylic acid groups (broad SMARTS) is 3. The molecule has 61 heavy (non-hydrogen) atoms. The summed E-state index contributed by atoms with van der Waals surface area (Å²) in [5.41, 5.74) is 0. The Morgan fingerprint density at radius 1 is 0.344 bits per heavy atom. The van der Waals surface area contributed by atoms with Crippen LogP contribution in [0.3, 0.4) is 0 Å². The first-order chi connectivity index (χ1) is 29.1. The Balaban J connectivity index is 4.44. The molecule has 13 N–H and O–H groups in total. The van der Waals surface area contributed by atoms with E-state index < -0.39 is 123 Å². The van der Waals surface area contributed by atoms with Crippen molar-refractivity contribution in [3.63, 3.8) is 0 Å². The molecule has 0 unspecified atom stereocenters. The van der Waals surface area contributed by atoms with Gasteiger partial charge in [-0.05, 0) is 19.3 Å². The predicted octanol–water partition coefficient (Wildman–Crippen LogP) is -1.45. The Morgan fingerprint density at radius 3 is 1.07 bits per heavy atom. The molecule has 0 aliphatic heterocycles. The predicted molar refractivity (Wildman–Crippen MR) is 216 cm³/mol. The number of nitrogens with one attached hydrogen (secondary N) is 6. The van der Waals surface area contributed by atoms with Gasteiger partial charge in [-0.1, -0.05) is 89.9 Å². The summed E-state index contributed by atoms with van der Waals surface area (Å²) in [5, 5.41) is 77.4. The zero-order valence-corrected chi connectivity index (χ0v) is 34.9. The van der Waals surface area contributed by atoms with Crippen molar-refractivity contribution in [3.8, 4) is 0 Å². The summed E-state index contributed by atoms with van der Waals surface area (Å²) in [4.78, 5) is 108. The summed E-state index contributed by atoms with van der Waals surface area (Å²) in [6.45, 7) is -4.77. The highest BCUT2D eigenvalue weighted by atomic mass is 16.4. The van der Waals surface area contributed by atoms with Crippen molar-refractivity contribution in [2.24, 2.45) is 0 Å². The van der Waals surface area contributed by atoms with Gasteiger partial charge in [0.25, 0.3) is 0 Å². The standard InChI is InChI=1S/C39H68N6O16/c46-22-27(35(55)40-21-33(52)43-29(24-48)37(57)45-30(25-49)39(60)61)44-36(56)28(23-47)42-32(51)20-19-26(38(58)59)41-31(50)17-15-13-11-9-7-5-3-1-2-4-6-8-10-12-14-16-18-34(53)54/h26-30,46-49H,1-25H2,(H,40,55)(H,41,50)(H,42,51)(H,43,52)(H,44,56)(H,45,57)(H,53,54)(H,58,59)(H,60,61)/t26-,27-,28-,29-,30-/m0/s1. The van der Waals surface area contributed by atoms with Crippen LogP contribution in [0.4, 0.5) is 0 Å². The highest BCUT2D eigenvalue weighted by Crippen LogP contribution is 2.14. The van der Waals surface area contributed by atoms with E-state index in [0.29, 0.717) is 6.42 Å². The molecule has 0 aromatic carbocycles. The molecule has 0 rings (SSSR count). The second-order valence-electron chi connectivity index (χ2n) is 14.7.